The highest BCUT2D eigenvalue weighted by atomic mass is 32.1. The number of rotatable bonds is 6. The summed E-state index contributed by atoms with van der Waals surface area (Å²) in [5.41, 5.74) is 1.67. The Hall–Kier alpha value is -2.81. The van der Waals surface area contributed by atoms with Crippen LogP contribution < -0.4 is 4.90 Å². The number of allylic oxidation sites excluding steroid dienone is 2. The first-order valence-corrected chi connectivity index (χ1v) is 10.1. The Morgan fingerprint density at radius 1 is 1.23 bits per heavy atom. The van der Waals surface area contributed by atoms with Gasteiger partial charge in [0, 0.05) is 44.8 Å². The predicted molar refractivity (Wildman–Crippen MR) is 112 cm³/mol. The van der Waals surface area contributed by atoms with Crippen LogP contribution >= 0.6 is 11.3 Å². The number of thiazole rings is 1. The number of aromatic nitrogens is 1. The maximum absolute atomic E-state index is 12.7. The van der Waals surface area contributed by atoms with Crippen LogP contribution in [0.1, 0.15) is 33.4 Å². The van der Waals surface area contributed by atoms with Crippen LogP contribution in [-0.2, 0) is 12.7 Å². The van der Waals surface area contributed by atoms with Crippen LogP contribution in [0, 0.1) is 6.92 Å². The summed E-state index contributed by atoms with van der Waals surface area (Å²) in [6, 6.07) is 5.17. The van der Waals surface area contributed by atoms with Gasteiger partial charge in [0.15, 0.2) is 10.9 Å². The number of ketones is 1. The van der Waals surface area contributed by atoms with E-state index in [-0.39, 0.29) is 5.78 Å². The zero-order valence-corrected chi connectivity index (χ0v) is 18.0. The molecule has 0 N–H and O–H groups in total. The van der Waals surface area contributed by atoms with Crippen molar-refractivity contribution in [3.63, 3.8) is 0 Å². The lowest BCUT2D eigenvalue weighted by atomic mass is 10.1. The summed E-state index contributed by atoms with van der Waals surface area (Å²) in [4.78, 5) is 23.4. The molecular weight excluding hydrogens is 413 g/mol. The van der Waals surface area contributed by atoms with E-state index in [4.69, 9.17) is 0 Å². The first kappa shape index (κ1) is 21.9. The molecule has 30 heavy (non-hydrogen) atoms. The highest BCUT2D eigenvalue weighted by Gasteiger charge is 2.30. The Morgan fingerprint density at radius 2 is 1.90 bits per heavy atom. The average molecular weight is 437 g/mol. The lowest BCUT2D eigenvalue weighted by Gasteiger charge is -2.19. The molecule has 0 amide bonds. The predicted octanol–water partition coefficient (Wildman–Crippen LogP) is 4.87. The summed E-state index contributed by atoms with van der Waals surface area (Å²) in [6.45, 7) is 4.67. The van der Waals surface area contributed by atoms with Crippen molar-refractivity contribution in [1.82, 2.24) is 14.8 Å². The van der Waals surface area contributed by atoms with E-state index in [2.05, 4.69) is 4.98 Å². The minimum atomic E-state index is -4.33. The molecule has 9 heteroatoms. The molecule has 0 unspecified atom stereocenters. The van der Waals surface area contributed by atoms with Crippen LogP contribution in [0.2, 0.25) is 0 Å². The lowest BCUT2D eigenvalue weighted by Crippen LogP contribution is -2.24. The van der Waals surface area contributed by atoms with Crippen LogP contribution in [0.3, 0.4) is 0 Å². The van der Waals surface area contributed by atoms with E-state index in [1.165, 1.54) is 23.5 Å². The molecule has 1 aromatic heterocycles. The number of anilines is 1. The van der Waals surface area contributed by atoms with Gasteiger partial charge in [-0.25, -0.2) is 4.98 Å². The van der Waals surface area contributed by atoms with E-state index in [0.717, 1.165) is 23.4 Å². The molecule has 3 rings (SSSR count). The van der Waals surface area contributed by atoms with Crippen molar-refractivity contribution in [2.75, 3.05) is 25.7 Å². The van der Waals surface area contributed by atoms with E-state index in [0.29, 0.717) is 28.9 Å². The molecule has 0 saturated carbocycles. The van der Waals surface area contributed by atoms with Gasteiger partial charge in [-0.15, -0.1) is 0 Å². The maximum atomic E-state index is 12.7. The summed E-state index contributed by atoms with van der Waals surface area (Å²) < 4.78 is 38.1. The number of hydrogen-bond acceptors (Lipinski definition) is 6. The van der Waals surface area contributed by atoms with Crippen molar-refractivity contribution in [2.45, 2.75) is 26.6 Å². The Kier molecular flexibility index (Phi) is 6.21. The summed E-state index contributed by atoms with van der Waals surface area (Å²) in [5.74, 6) is -0.0766. The molecule has 1 aromatic carbocycles. The first-order valence-electron chi connectivity index (χ1n) is 9.27. The van der Waals surface area contributed by atoms with Crippen LogP contribution in [0.15, 0.2) is 48.4 Å². The van der Waals surface area contributed by atoms with E-state index < -0.39 is 11.7 Å². The highest BCUT2D eigenvalue weighted by Crippen LogP contribution is 2.31. The second-order valence-corrected chi connectivity index (χ2v) is 8.28. The zero-order valence-electron chi connectivity index (χ0n) is 17.2. The first-order chi connectivity index (χ1) is 14.0. The fourth-order valence-electron chi connectivity index (χ4n) is 2.84. The van der Waals surface area contributed by atoms with Crippen molar-refractivity contribution in [3.8, 4) is 0 Å². The number of halogens is 3. The second-order valence-electron chi connectivity index (χ2n) is 7.31. The van der Waals surface area contributed by atoms with Crippen molar-refractivity contribution in [3.05, 3.63) is 70.1 Å². The van der Waals surface area contributed by atoms with Gasteiger partial charge in [-0.3, -0.25) is 4.79 Å². The Morgan fingerprint density at radius 3 is 2.50 bits per heavy atom. The van der Waals surface area contributed by atoms with Crippen molar-refractivity contribution < 1.29 is 18.0 Å². The molecule has 0 aliphatic carbocycles. The summed E-state index contributed by atoms with van der Waals surface area (Å²) in [5, 5.41) is 0.706. The van der Waals surface area contributed by atoms with Gasteiger partial charge < -0.3 is 14.7 Å². The third-order valence-electron chi connectivity index (χ3n) is 4.76. The Bertz CT molecular complexity index is 977. The maximum Gasteiger partial charge on any atom is 0.416 e. The van der Waals surface area contributed by atoms with E-state index >= 15 is 0 Å². The molecule has 1 aliphatic rings. The molecule has 2 aromatic rings. The number of hydrogen-bond donors (Lipinski definition) is 0. The third kappa shape index (κ3) is 5.02. The largest absolute Gasteiger partial charge is 0.416 e. The Balaban J connectivity index is 1.65. The third-order valence-corrected chi connectivity index (χ3v) is 5.97. The molecule has 5 nitrogen and oxygen atoms in total. The van der Waals surface area contributed by atoms with Gasteiger partial charge in [-0.05, 0) is 31.5 Å². The van der Waals surface area contributed by atoms with E-state index in [1.807, 2.05) is 55.0 Å². The molecule has 0 fully saturated rings. The lowest BCUT2D eigenvalue weighted by molar-refractivity contribution is -0.137. The van der Waals surface area contributed by atoms with Crippen molar-refractivity contribution >= 4 is 22.3 Å². The summed E-state index contributed by atoms with van der Waals surface area (Å²) in [7, 11) is 3.76. The summed E-state index contributed by atoms with van der Waals surface area (Å²) in [6.07, 6.45) is 0.992. The number of benzene rings is 1. The van der Waals surface area contributed by atoms with Crippen molar-refractivity contribution in [1.29, 1.82) is 0 Å². The number of aryl methyl sites for hydroxylation is 1. The van der Waals surface area contributed by atoms with Crippen LogP contribution in [0.4, 0.5) is 18.3 Å². The topological polar surface area (TPSA) is 39.7 Å². The van der Waals surface area contributed by atoms with Gasteiger partial charge in [0.25, 0.3) is 0 Å². The molecule has 0 atom stereocenters. The molecular formula is C21H23F3N4OS. The molecule has 0 spiro atoms. The SMILES string of the molecule is C/C(=C\C(=O)c1sc(N2C=CN(Cc3ccc(C(F)(F)F)cc3)C2)nc1C)N(C)C. The van der Waals surface area contributed by atoms with Gasteiger partial charge in [0.2, 0.25) is 0 Å². The van der Waals surface area contributed by atoms with Gasteiger partial charge in [0.1, 0.15) is 0 Å². The standard InChI is InChI=1S/C21H23F3N4OS/c1-14(26(3)4)11-18(29)19-15(2)25-20(30-19)28-10-9-27(13-28)12-16-5-7-17(8-6-16)21(22,23)24/h5-11H,12-13H2,1-4H3/b14-11+. The molecule has 0 radical (unpaired) electrons. The smallest absolute Gasteiger partial charge is 0.381 e. The van der Waals surface area contributed by atoms with Gasteiger partial charge in [0.05, 0.1) is 22.8 Å². The summed E-state index contributed by atoms with van der Waals surface area (Å²) >= 11 is 1.33. The fourth-order valence-corrected chi connectivity index (χ4v) is 3.80. The average Bonchev–Trinajstić information content (AvgIpc) is 3.27. The van der Waals surface area contributed by atoms with Gasteiger partial charge >= 0.3 is 6.18 Å². The number of alkyl halides is 3. The molecule has 0 saturated heterocycles. The van der Waals surface area contributed by atoms with Crippen LogP contribution in [0.25, 0.3) is 0 Å². The van der Waals surface area contributed by atoms with E-state index in [9.17, 15) is 18.0 Å². The quantitative estimate of drug-likeness (QED) is 0.477. The zero-order chi connectivity index (χ0) is 22.1. The van der Waals surface area contributed by atoms with Crippen molar-refractivity contribution in [2.24, 2.45) is 0 Å². The second kappa shape index (κ2) is 8.51. The molecule has 160 valence electrons. The van der Waals surface area contributed by atoms with E-state index in [1.54, 1.807) is 6.08 Å². The number of carbonyl (C=O) groups is 1. The fraction of sp³-hybridized carbons (Fsp3) is 0.333. The molecule has 2 heterocycles. The van der Waals surface area contributed by atoms with Gasteiger partial charge in [-0.2, -0.15) is 13.2 Å². The monoisotopic (exact) mass is 436 g/mol. The van der Waals surface area contributed by atoms with Gasteiger partial charge in [-0.1, -0.05) is 23.5 Å². The van der Waals surface area contributed by atoms with Crippen LogP contribution in [0.5, 0.6) is 0 Å². The molecule has 0 bridgehead atoms. The minimum absolute atomic E-state index is 0.0766. The Labute approximate surface area is 177 Å². The van der Waals surface area contributed by atoms with Crippen LogP contribution in [-0.4, -0.2) is 41.3 Å². The number of nitrogens with zero attached hydrogens (tertiary/aromatic N) is 4. The number of carbonyl (C=O) groups excluding carboxylic acids is 1. The normalized spacial score (nSPS) is 14.6. The molecule has 1 aliphatic heterocycles. The highest BCUT2D eigenvalue weighted by molar-refractivity contribution is 7.17. The minimum Gasteiger partial charge on any atom is -0.381 e.